The Balaban J connectivity index is 3.03. The van der Waals surface area contributed by atoms with Crippen LogP contribution >= 0.6 is 12.2 Å². The van der Waals surface area contributed by atoms with Crippen LogP contribution < -0.4 is 11.1 Å². The molecule has 1 atom stereocenters. The molecule has 1 rings (SSSR count). The lowest BCUT2D eigenvalue weighted by Gasteiger charge is -2.40. The zero-order valence-electron chi connectivity index (χ0n) is 11.2. The van der Waals surface area contributed by atoms with Gasteiger partial charge in [-0.25, -0.2) is 0 Å². The van der Waals surface area contributed by atoms with Gasteiger partial charge in [-0.15, -0.1) is 0 Å². The van der Waals surface area contributed by atoms with Crippen molar-refractivity contribution >= 4 is 29.0 Å². The Morgan fingerprint density at radius 1 is 1.56 bits per heavy atom. The third-order valence-electron chi connectivity index (χ3n) is 3.85. The first kappa shape index (κ1) is 14.9. The molecule has 0 saturated carbocycles. The van der Waals surface area contributed by atoms with Gasteiger partial charge in [0.1, 0.15) is 6.04 Å². The Hall–Kier alpha value is -1.17. The van der Waals surface area contributed by atoms with Gasteiger partial charge >= 0.3 is 0 Å². The minimum atomic E-state index is -0.818. The number of piperazine rings is 1. The van der Waals surface area contributed by atoms with Crippen LogP contribution in [-0.4, -0.2) is 40.8 Å². The Kier molecular flexibility index (Phi) is 4.67. The quantitative estimate of drug-likeness (QED) is 0.727. The fourth-order valence-electron chi connectivity index (χ4n) is 2.34. The second kappa shape index (κ2) is 5.65. The maximum atomic E-state index is 12.7. The first-order valence-corrected chi connectivity index (χ1v) is 6.70. The summed E-state index contributed by atoms with van der Waals surface area (Å²) in [7, 11) is 0. The van der Waals surface area contributed by atoms with Crippen LogP contribution in [0.25, 0.3) is 0 Å². The predicted octanol–water partition coefficient (Wildman–Crippen LogP) is 0.426. The molecule has 102 valence electrons. The molecule has 0 aliphatic carbocycles. The zero-order valence-corrected chi connectivity index (χ0v) is 12.0. The average Bonchev–Trinajstić information content (AvgIpc) is 2.34. The lowest BCUT2D eigenvalue weighted by molar-refractivity contribution is -0.147. The molecule has 3 N–H and O–H groups in total. The van der Waals surface area contributed by atoms with Crippen LogP contribution in [0.4, 0.5) is 0 Å². The highest BCUT2D eigenvalue weighted by Crippen LogP contribution is 2.30. The molecular weight excluding hydrogens is 250 g/mol. The first-order valence-electron chi connectivity index (χ1n) is 6.29. The van der Waals surface area contributed by atoms with E-state index < -0.39 is 11.5 Å². The largest absolute Gasteiger partial charge is 0.392 e. The van der Waals surface area contributed by atoms with Crippen LogP contribution in [0.5, 0.6) is 0 Å². The number of carbonyl (C=O) groups is 2. The molecule has 1 fully saturated rings. The van der Waals surface area contributed by atoms with Crippen LogP contribution in [0.2, 0.25) is 0 Å². The molecule has 0 aromatic rings. The maximum Gasteiger partial charge on any atom is 0.242 e. The highest BCUT2D eigenvalue weighted by molar-refractivity contribution is 7.80. The predicted molar refractivity (Wildman–Crippen MR) is 74.0 cm³/mol. The first-order chi connectivity index (χ1) is 8.40. The molecule has 5 nitrogen and oxygen atoms in total. The number of hydrogen-bond acceptors (Lipinski definition) is 3. The summed E-state index contributed by atoms with van der Waals surface area (Å²) in [5.74, 6) is -0.249. The van der Waals surface area contributed by atoms with Crippen molar-refractivity contribution in [3.8, 4) is 0 Å². The van der Waals surface area contributed by atoms with E-state index in [9.17, 15) is 9.59 Å². The Bertz CT molecular complexity index is 366. The molecule has 1 aliphatic rings. The molecule has 0 radical (unpaired) electrons. The molecule has 0 aromatic carbocycles. The van der Waals surface area contributed by atoms with E-state index in [4.69, 9.17) is 18.0 Å². The summed E-state index contributed by atoms with van der Waals surface area (Å²) in [5.41, 5.74) is 4.95. The fourth-order valence-corrected chi connectivity index (χ4v) is 2.72. The number of nitrogens with zero attached hydrogens (tertiary/aromatic N) is 1. The van der Waals surface area contributed by atoms with Crippen molar-refractivity contribution < 1.29 is 9.59 Å². The van der Waals surface area contributed by atoms with E-state index in [1.54, 1.807) is 11.8 Å². The smallest absolute Gasteiger partial charge is 0.242 e. The van der Waals surface area contributed by atoms with E-state index in [0.717, 1.165) is 0 Å². The summed E-state index contributed by atoms with van der Waals surface area (Å²) in [5, 5.41) is 2.74. The zero-order chi connectivity index (χ0) is 13.9. The van der Waals surface area contributed by atoms with Crippen LogP contribution in [-0.2, 0) is 9.59 Å². The van der Waals surface area contributed by atoms with Crippen molar-refractivity contribution in [1.82, 2.24) is 10.2 Å². The monoisotopic (exact) mass is 271 g/mol. The van der Waals surface area contributed by atoms with Crippen LogP contribution in [0.3, 0.4) is 0 Å². The molecule has 0 aromatic heterocycles. The van der Waals surface area contributed by atoms with Crippen molar-refractivity contribution in [3.05, 3.63) is 0 Å². The van der Waals surface area contributed by atoms with Crippen LogP contribution in [0.15, 0.2) is 0 Å². The number of nitrogens with two attached hydrogens (primary N) is 1. The van der Waals surface area contributed by atoms with Crippen molar-refractivity contribution in [1.29, 1.82) is 0 Å². The minimum Gasteiger partial charge on any atom is -0.392 e. The summed E-state index contributed by atoms with van der Waals surface area (Å²) in [6, 6.07) is -0.460. The number of carbonyl (C=O) groups excluding carboxylic acids is 2. The highest BCUT2D eigenvalue weighted by Gasteiger charge is 2.44. The van der Waals surface area contributed by atoms with Gasteiger partial charge in [-0.05, 0) is 19.8 Å². The number of hydrogen-bond donors (Lipinski definition) is 2. The highest BCUT2D eigenvalue weighted by atomic mass is 32.1. The van der Waals surface area contributed by atoms with Gasteiger partial charge < -0.3 is 16.0 Å². The summed E-state index contributed by atoms with van der Waals surface area (Å²) >= 11 is 5.07. The van der Waals surface area contributed by atoms with Gasteiger partial charge in [0.05, 0.1) is 10.4 Å². The summed E-state index contributed by atoms with van der Waals surface area (Å²) in [6.45, 7) is 6.51. The van der Waals surface area contributed by atoms with Crippen molar-refractivity contribution in [2.24, 2.45) is 11.1 Å². The fraction of sp³-hybridized carbons (Fsp3) is 0.750. The van der Waals surface area contributed by atoms with Gasteiger partial charge in [0.2, 0.25) is 11.8 Å². The van der Waals surface area contributed by atoms with Crippen molar-refractivity contribution in [2.45, 2.75) is 39.7 Å². The van der Waals surface area contributed by atoms with Gasteiger partial charge in [0.25, 0.3) is 0 Å². The number of thiocarbonyl (C=S) groups is 1. The standard InChI is InChI=1S/C12H21N3O2S/c1-4-12(5-2,10(13)18)11(17)15-7-6-14-9(16)8(15)3/h8H,4-7H2,1-3H3,(H2,13,18)(H,14,16). The summed E-state index contributed by atoms with van der Waals surface area (Å²) in [4.78, 5) is 26.1. The van der Waals surface area contributed by atoms with Crippen molar-refractivity contribution in [3.63, 3.8) is 0 Å². The van der Waals surface area contributed by atoms with Crippen LogP contribution in [0, 0.1) is 5.41 Å². The normalized spacial score (nSPS) is 20.5. The molecule has 1 saturated heterocycles. The van der Waals surface area contributed by atoms with Gasteiger partial charge in [-0.2, -0.15) is 0 Å². The Morgan fingerprint density at radius 2 is 2.11 bits per heavy atom. The van der Waals surface area contributed by atoms with Crippen LogP contribution in [0.1, 0.15) is 33.6 Å². The number of nitrogens with one attached hydrogen (secondary N) is 1. The molecule has 6 heteroatoms. The molecule has 18 heavy (non-hydrogen) atoms. The second-order valence-corrected chi connectivity index (χ2v) is 5.06. The molecular formula is C12H21N3O2S. The minimum absolute atomic E-state index is 0.123. The van der Waals surface area contributed by atoms with Crippen molar-refractivity contribution in [2.75, 3.05) is 13.1 Å². The Morgan fingerprint density at radius 3 is 2.56 bits per heavy atom. The van der Waals surface area contributed by atoms with E-state index in [1.165, 1.54) is 0 Å². The van der Waals surface area contributed by atoms with Gasteiger partial charge in [-0.1, -0.05) is 26.1 Å². The average molecular weight is 271 g/mol. The summed E-state index contributed by atoms with van der Waals surface area (Å²) in [6.07, 6.45) is 1.12. The van der Waals surface area contributed by atoms with E-state index >= 15 is 0 Å². The van der Waals surface area contributed by atoms with Gasteiger partial charge in [0.15, 0.2) is 0 Å². The lowest BCUT2D eigenvalue weighted by atomic mass is 9.80. The SMILES string of the molecule is CCC(CC)(C(=O)N1CCNC(=O)C1C)C(N)=S. The van der Waals surface area contributed by atoms with E-state index in [2.05, 4.69) is 5.32 Å². The molecule has 1 aliphatic heterocycles. The molecule has 0 spiro atoms. The second-order valence-electron chi connectivity index (χ2n) is 4.62. The van der Waals surface area contributed by atoms with Gasteiger partial charge in [-0.3, -0.25) is 9.59 Å². The maximum absolute atomic E-state index is 12.7. The lowest BCUT2D eigenvalue weighted by Crippen LogP contribution is -2.60. The summed E-state index contributed by atoms with van der Waals surface area (Å²) < 4.78 is 0. The van der Waals surface area contributed by atoms with E-state index in [1.807, 2.05) is 13.8 Å². The van der Waals surface area contributed by atoms with E-state index in [-0.39, 0.29) is 16.8 Å². The number of rotatable bonds is 4. The number of amides is 2. The molecule has 0 bridgehead atoms. The molecule has 1 unspecified atom stereocenters. The van der Waals surface area contributed by atoms with Gasteiger partial charge in [0, 0.05) is 13.1 Å². The third kappa shape index (κ3) is 2.34. The molecule has 1 heterocycles. The van der Waals surface area contributed by atoms with E-state index in [0.29, 0.717) is 25.9 Å². The Labute approximate surface area is 113 Å². The topological polar surface area (TPSA) is 75.4 Å². The molecule has 2 amide bonds. The third-order valence-corrected chi connectivity index (χ3v) is 4.24.